The lowest BCUT2D eigenvalue weighted by molar-refractivity contribution is -0.136. The van der Waals surface area contributed by atoms with Crippen molar-refractivity contribution in [2.24, 2.45) is 5.73 Å². The van der Waals surface area contributed by atoms with E-state index in [9.17, 15) is 4.79 Å². The molecule has 0 aliphatic heterocycles. The normalized spacial score (nSPS) is 10.1. The molecule has 0 aliphatic rings. The molecule has 0 saturated carbocycles. The molecule has 0 fully saturated rings. The summed E-state index contributed by atoms with van der Waals surface area (Å²) >= 11 is 0. The van der Waals surface area contributed by atoms with Crippen LogP contribution < -0.4 is 5.73 Å². The van der Waals surface area contributed by atoms with Crippen molar-refractivity contribution in [2.45, 2.75) is 6.42 Å². The van der Waals surface area contributed by atoms with Crippen LogP contribution in [0.25, 0.3) is 0 Å². The number of rotatable bonds is 5. The van der Waals surface area contributed by atoms with Gasteiger partial charge in [0.15, 0.2) is 0 Å². The second kappa shape index (κ2) is 6.10. The Morgan fingerprint density at radius 2 is 2.40 bits per heavy atom. The van der Waals surface area contributed by atoms with Crippen LogP contribution in [0.15, 0.2) is 12.3 Å². The summed E-state index contributed by atoms with van der Waals surface area (Å²) in [6.45, 7) is 0.869. The van der Waals surface area contributed by atoms with E-state index in [0.717, 1.165) is 0 Å². The Morgan fingerprint density at radius 1 is 1.70 bits per heavy atom. The fourth-order valence-electron chi connectivity index (χ4n) is 0.353. The summed E-state index contributed by atoms with van der Waals surface area (Å²) in [7, 11) is 0. The first-order valence-corrected chi connectivity index (χ1v) is 2.96. The third-order valence-corrected chi connectivity index (χ3v) is 0.721. The molecule has 0 rings (SSSR count). The quantitative estimate of drug-likeness (QED) is 0.420. The number of carboxylic acids is 1. The number of hydrogen-bond acceptors (Lipinski definition) is 3. The van der Waals surface area contributed by atoms with E-state index < -0.39 is 5.97 Å². The van der Waals surface area contributed by atoms with E-state index in [4.69, 9.17) is 15.6 Å². The van der Waals surface area contributed by atoms with Gasteiger partial charge in [0.05, 0.1) is 19.3 Å². The van der Waals surface area contributed by atoms with Gasteiger partial charge in [0, 0.05) is 6.54 Å². The lowest BCUT2D eigenvalue weighted by Gasteiger charge is -1.93. The molecule has 0 heterocycles. The molecule has 0 unspecified atom stereocenters. The Morgan fingerprint density at radius 3 is 2.90 bits per heavy atom. The zero-order chi connectivity index (χ0) is 7.82. The minimum atomic E-state index is -0.868. The molecule has 0 saturated heterocycles. The third-order valence-electron chi connectivity index (χ3n) is 0.721. The fraction of sp³-hybridized carbons (Fsp3) is 0.500. The standard InChI is InChI=1S/C6H11NO3/c7-3-5-10-4-1-2-6(8)9/h1,4H,2-3,5,7H2,(H,8,9)/b4-1+. The van der Waals surface area contributed by atoms with Crippen LogP contribution in [0.2, 0.25) is 0 Å². The van der Waals surface area contributed by atoms with E-state index >= 15 is 0 Å². The van der Waals surface area contributed by atoms with Crippen molar-refractivity contribution in [3.8, 4) is 0 Å². The zero-order valence-corrected chi connectivity index (χ0v) is 5.62. The molecule has 0 spiro atoms. The van der Waals surface area contributed by atoms with Crippen LogP contribution in [0.3, 0.4) is 0 Å². The van der Waals surface area contributed by atoms with E-state index in [1.54, 1.807) is 0 Å². The van der Waals surface area contributed by atoms with Crippen molar-refractivity contribution in [1.82, 2.24) is 0 Å². The maximum Gasteiger partial charge on any atom is 0.307 e. The SMILES string of the molecule is NCCO/C=C/CC(=O)O. The smallest absolute Gasteiger partial charge is 0.307 e. The van der Waals surface area contributed by atoms with Crippen molar-refractivity contribution in [3.05, 3.63) is 12.3 Å². The molecule has 58 valence electrons. The summed E-state index contributed by atoms with van der Waals surface area (Å²) in [5.41, 5.74) is 5.10. The van der Waals surface area contributed by atoms with E-state index in [1.807, 2.05) is 0 Å². The van der Waals surface area contributed by atoms with Gasteiger partial charge >= 0.3 is 5.97 Å². The van der Waals surface area contributed by atoms with Gasteiger partial charge in [-0.3, -0.25) is 4.79 Å². The Hall–Kier alpha value is -1.03. The van der Waals surface area contributed by atoms with Gasteiger partial charge < -0.3 is 15.6 Å². The van der Waals surface area contributed by atoms with Crippen molar-refractivity contribution in [2.75, 3.05) is 13.2 Å². The van der Waals surface area contributed by atoms with Gasteiger partial charge in [-0.15, -0.1) is 0 Å². The second-order valence-electron chi connectivity index (χ2n) is 1.63. The molecule has 0 atom stereocenters. The number of aliphatic carboxylic acids is 1. The van der Waals surface area contributed by atoms with Gasteiger partial charge in [-0.05, 0) is 6.08 Å². The number of carboxylic acid groups (broad SMARTS) is 1. The first kappa shape index (κ1) is 8.97. The van der Waals surface area contributed by atoms with Gasteiger partial charge in [0.1, 0.15) is 0 Å². The Kier molecular flexibility index (Phi) is 5.47. The first-order chi connectivity index (χ1) is 4.77. The van der Waals surface area contributed by atoms with Crippen molar-refractivity contribution in [1.29, 1.82) is 0 Å². The van der Waals surface area contributed by atoms with Gasteiger partial charge in [-0.1, -0.05) is 0 Å². The van der Waals surface area contributed by atoms with E-state index in [1.165, 1.54) is 12.3 Å². The largest absolute Gasteiger partial charge is 0.500 e. The molecular formula is C6H11NO3. The van der Waals surface area contributed by atoms with Crippen LogP contribution in [0.1, 0.15) is 6.42 Å². The lowest BCUT2D eigenvalue weighted by Crippen LogP contribution is -2.05. The van der Waals surface area contributed by atoms with Crippen molar-refractivity contribution < 1.29 is 14.6 Å². The topological polar surface area (TPSA) is 72.5 Å². The van der Waals surface area contributed by atoms with Crippen molar-refractivity contribution in [3.63, 3.8) is 0 Å². The molecule has 4 nitrogen and oxygen atoms in total. The molecule has 0 amide bonds. The molecular weight excluding hydrogens is 134 g/mol. The summed E-state index contributed by atoms with van der Waals surface area (Å²) in [6, 6.07) is 0. The van der Waals surface area contributed by atoms with Crippen LogP contribution in [-0.4, -0.2) is 24.2 Å². The molecule has 3 N–H and O–H groups in total. The highest BCUT2D eigenvalue weighted by molar-refractivity contribution is 5.68. The highest BCUT2D eigenvalue weighted by Crippen LogP contribution is 1.82. The van der Waals surface area contributed by atoms with Gasteiger partial charge in [-0.2, -0.15) is 0 Å². The minimum Gasteiger partial charge on any atom is -0.500 e. The highest BCUT2D eigenvalue weighted by atomic mass is 16.5. The summed E-state index contributed by atoms with van der Waals surface area (Å²) in [6.07, 6.45) is 2.77. The fourth-order valence-corrected chi connectivity index (χ4v) is 0.353. The van der Waals surface area contributed by atoms with Crippen LogP contribution in [-0.2, 0) is 9.53 Å². The Balaban J connectivity index is 3.12. The number of hydrogen-bond donors (Lipinski definition) is 2. The summed E-state index contributed by atoms with van der Waals surface area (Å²) in [4.78, 5) is 9.90. The van der Waals surface area contributed by atoms with Crippen molar-refractivity contribution >= 4 is 5.97 Å². The predicted octanol–water partition coefficient (Wildman–Crippen LogP) is -0.0499. The molecule has 0 radical (unpaired) electrons. The van der Waals surface area contributed by atoms with Crippen LogP contribution in [0.5, 0.6) is 0 Å². The molecule has 0 bridgehead atoms. The van der Waals surface area contributed by atoms with E-state index in [-0.39, 0.29) is 6.42 Å². The minimum absolute atomic E-state index is 0.00935. The van der Waals surface area contributed by atoms with Crippen LogP contribution in [0, 0.1) is 0 Å². The van der Waals surface area contributed by atoms with E-state index in [2.05, 4.69) is 0 Å². The monoisotopic (exact) mass is 145 g/mol. The Bertz CT molecular complexity index is 122. The number of carbonyl (C=O) groups is 1. The molecule has 10 heavy (non-hydrogen) atoms. The number of ether oxygens (including phenoxy) is 1. The number of nitrogens with two attached hydrogens (primary N) is 1. The highest BCUT2D eigenvalue weighted by Gasteiger charge is 1.87. The maximum absolute atomic E-state index is 9.90. The van der Waals surface area contributed by atoms with E-state index in [0.29, 0.717) is 13.2 Å². The summed E-state index contributed by atoms with van der Waals surface area (Å²) in [5, 5.41) is 8.14. The maximum atomic E-state index is 9.90. The Labute approximate surface area is 59.3 Å². The molecule has 0 aromatic heterocycles. The summed E-state index contributed by atoms with van der Waals surface area (Å²) in [5.74, 6) is -0.868. The zero-order valence-electron chi connectivity index (χ0n) is 5.62. The van der Waals surface area contributed by atoms with Gasteiger partial charge in [-0.25, -0.2) is 0 Å². The second-order valence-corrected chi connectivity index (χ2v) is 1.63. The van der Waals surface area contributed by atoms with Gasteiger partial charge in [0.2, 0.25) is 0 Å². The molecule has 0 aliphatic carbocycles. The summed E-state index contributed by atoms with van der Waals surface area (Å²) < 4.78 is 4.76. The lowest BCUT2D eigenvalue weighted by atomic mass is 10.4. The molecule has 4 heteroatoms. The molecule has 0 aromatic carbocycles. The third kappa shape index (κ3) is 6.97. The predicted molar refractivity (Wildman–Crippen MR) is 36.4 cm³/mol. The first-order valence-electron chi connectivity index (χ1n) is 2.96. The average Bonchev–Trinajstić information content (AvgIpc) is 1.87. The van der Waals surface area contributed by atoms with Crippen LogP contribution >= 0.6 is 0 Å². The van der Waals surface area contributed by atoms with Gasteiger partial charge in [0.25, 0.3) is 0 Å². The average molecular weight is 145 g/mol. The molecule has 0 aromatic rings. The van der Waals surface area contributed by atoms with Crippen LogP contribution in [0.4, 0.5) is 0 Å².